The molecule has 1 aromatic carbocycles. The van der Waals surface area contributed by atoms with Crippen molar-refractivity contribution in [3.8, 4) is 0 Å². The molecule has 0 amide bonds. The molecule has 0 saturated carbocycles. The molecule has 16 heavy (non-hydrogen) atoms. The Balaban J connectivity index is 1.98. The summed E-state index contributed by atoms with van der Waals surface area (Å²) in [6.45, 7) is 8.18. The number of nitrogen functional groups attached to an aromatic ring is 1. The minimum absolute atomic E-state index is 0.824. The first-order valence-electron chi connectivity index (χ1n) is 6.20. The predicted octanol–water partition coefficient (Wildman–Crippen LogP) is 2.75. The largest absolute Gasteiger partial charge is 0.399 e. The Hall–Kier alpha value is -1.02. The lowest BCUT2D eigenvalue weighted by atomic mass is 9.91. The number of nitrogens with zero attached hydrogens (tertiary/aromatic N) is 1. The highest BCUT2D eigenvalue weighted by atomic mass is 15.1. The molecule has 88 valence electrons. The van der Waals surface area contributed by atoms with Crippen LogP contribution in [0.5, 0.6) is 0 Å². The highest BCUT2D eigenvalue weighted by Gasteiger charge is 2.21. The summed E-state index contributed by atoms with van der Waals surface area (Å²) in [6.07, 6.45) is 1.37. The molecule has 1 saturated heterocycles. The van der Waals surface area contributed by atoms with Gasteiger partial charge in [0, 0.05) is 25.3 Å². The SMILES string of the molecule is C[C@@H]1C[C@H](C)CN(Cc2cccc(N)c2)C1. The van der Waals surface area contributed by atoms with Crippen LogP contribution in [0.1, 0.15) is 25.8 Å². The summed E-state index contributed by atoms with van der Waals surface area (Å²) < 4.78 is 0. The maximum atomic E-state index is 5.80. The Bertz CT molecular complexity index is 338. The number of nitrogens with two attached hydrogens (primary N) is 1. The summed E-state index contributed by atoms with van der Waals surface area (Å²) in [7, 11) is 0. The van der Waals surface area contributed by atoms with Crippen LogP contribution in [0.25, 0.3) is 0 Å². The van der Waals surface area contributed by atoms with Gasteiger partial charge >= 0.3 is 0 Å². The van der Waals surface area contributed by atoms with Crippen molar-refractivity contribution in [2.75, 3.05) is 18.8 Å². The zero-order valence-electron chi connectivity index (χ0n) is 10.3. The average Bonchev–Trinajstić information content (AvgIpc) is 2.15. The van der Waals surface area contributed by atoms with Crippen LogP contribution in [0.3, 0.4) is 0 Å². The van der Waals surface area contributed by atoms with Crippen LogP contribution in [-0.4, -0.2) is 18.0 Å². The molecule has 1 fully saturated rings. The summed E-state index contributed by atoms with van der Waals surface area (Å²) in [5.41, 5.74) is 8.01. The molecule has 0 aliphatic carbocycles. The second kappa shape index (κ2) is 4.88. The number of hydrogen-bond acceptors (Lipinski definition) is 2. The van der Waals surface area contributed by atoms with Crippen molar-refractivity contribution in [1.82, 2.24) is 4.90 Å². The van der Waals surface area contributed by atoms with Gasteiger partial charge in [0.2, 0.25) is 0 Å². The van der Waals surface area contributed by atoms with Crippen molar-refractivity contribution in [3.05, 3.63) is 29.8 Å². The summed E-state index contributed by atoms with van der Waals surface area (Å²) in [6, 6.07) is 8.25. The monoisotopic (exact) mass is 218 g/mol. The van der Waals surface area contributed by atoms with Crippen molar-refractivity contribution in [2.24, 2.45) is 11.8 Å². The van der Waals surface area contributed by atoms with Crippen LogP contribution >= 0.6 is 0 Å². The first-order valence-corrected chi connectivity index (χ1v) is 6.20. The second-order valence-electron chi connectivity index (χ2n) is 5.39. The van der Waals surface area contributed by atoms with Gasteiger partial charge in [0.1, 0.15) is 0 Å². The molecule has 2 heteroatoms. The third-order valence-electron chi connectivity index (χ3n) is 3.30. The summed E-state index contributed by atoms with van der Waals surface area (Å²) in [5.74, 6) is 1.65. The maximum absolute atomic E-state index is 5.80. The fourth-order valence-electron chi connectivity index (χ4n) is 2.87. The topological polar surface area (TPSA) is 29.3 Å². The number of hydrogen-bond donors (Lipinski definition) is 1. The van der Waals surface area contributed by atoms with Crippen LogP contribution in [-0.2, 0) is 6.54 Å². The van der Waals surface area contributed by atoms with E-state index in [0.29, 0.717) is 0 Å². The summed E-state index contributed by atoms with van der Waals surface area (Å²) in [5, 5.41) is 0. The fraction of sp³-hybridized carbons (Fsp3) is 0.571. The molecule has 1 heterocycles. The highest BCUT2D eigenvalue weighted by molar-refractivity contribution is 5.40. The van der Waals surface area contributed by atoms with Crippen molar-refractivity contribution in [3.63, 3.8) is 0 Å². The third kappa shape index (κ3) is 2.99. The molecule has 1 aliphatic heterocycles. The number of piperidine rings is 1. The molecule has 1 aliphatic rings. The van der Waals surface area contributed by atoms with E-state index in [2.05, 4.69) is 30.9 Å². The minimum Gasteiger partial charge on any atom is -0.399 e. The molecule has 0 unspecified atom stereocenters. The number of rotatable bonds is 2. The van der Waals surface area contributed by atoms with E-state index in [-0.39, 0.29) is 0 Å². The van der Waals surface area contributed by atoms with Crippen molar-refractivity contribution in [1.29, 1.82) is 0 Å². The van der Waals surface area contributed by atoms with E-state index >= 15 is 0 Å². The van der Waals surface area contributed by atoms with Gasteiger partial charge < -0.3 is 5.73 Å². The van der Waals surface area contributed by atoms with Crippen LogP contribution in [0, 0.1) is 11.8 Å². The first-order chi connectivity index (χ1) is 7.63. The lowest BCUT2D eigenvalue weighted by molar-refractivity contribution is 0.134. The van der Waals surface area contributed by atoms with Crippen molar-refractivity contribution >= 4 is 5.69 Å². The van der Waals surface area contributed by atoms with Crippen molar-refractivity contribution < 1.29 is 0 Å². The Morgan fingerprint density at radius 3 is 2.56 bits per heavy atom. The van der Waals surface area contributed by atoms with Crippen molar-refractivity contribution in [2.45, 2.75) is 26.8 Å². The van der Waals surface area contributed by atoms with E-state index in [0.717, 1.165) is 24.1 Å². The normalized spacial score (nSPS) is 26.9. The van der Waals surface area contributed by atoms with Gasteiger partial charge in [-0.15, -0.1) is 0 Å². The van der Waals surface area contributed by atoms with Gasteiger partial charge in [-0.05, 0) is 36.0 Å². The van der Waals surface area contributed by atoms with E-state index in [9.17, 15) is 0 Å². The Morgan fingerprint density at radius 2 is 1.94 bits per heavy atom. The molecule has 1 aromatic rings. The molecule has 2 nitrogen and oxygen atoms in total. The fourth-order valence-corrected chi connectivity index (χ4v) is 2.87. The Labute approximate surface area is 98.4 Å². The maximum Gasteiger partial charge on any atom is 0.0317 e. The van der Waals surface area contributed by atoms with Gasteiger partial charge in [-0.3, -0.25) is 4.90 Å². The van der Waals surface area contributed by atoms with E-state index in [1.807, 2.05) is 12.1 Å². The van der Waals surface area contributed by atoms with E-state index in [4.69, 9.17) is 5.73 Å². The van der Waals surface area contributed by atoms with Gasteiger partial charge in [-0.1, -0.05) is 26.0 Å². The van der Waals surface area contributed by atoms with Gasteiger partial charge in [0.25, 0.3) is 0 Å². The van der Waals surface area contributed by atoms with E-state index in [1.54, 1.807) is 0 Å². The molecular weight excluding hydrogens is 196 g/mol. The molecule has 2 rings (SSSR count). The first kappa shape index (κ1) is 11.5. The molecule has 0 radical (unpaired) electrons. The Morgan fingerprint density at radius 1 is 1.25 bits per heavy atom. The van der Waals surface area contributed by atoms with Gasteiger partial charge in [-0.2, -0.15) is 0 Å². The standard InChI is InChI=1S/C14H22N2/c1-11-6-12(2)9-16(8-11)10-13-4-3-5-14(15)7-13/h3-5,7,11-12H,6,8-10,15H2,1-2H3/t11-,12+. The van der Waals surface area contributed by atoms with Crippen LogP contribution < -0.4 is 5.73 Å². The molecule has 0 bridgehead atoms. The van der Waals surface area contributed by atoms with Gasteiger partial charge in [0.05, 0.1) is 0 Å². The molecule has 2 N–H and O–H groups in total. The zero-order valence-corrected chi connectivity index (χ0v) is 10.3. The molecular formula is C14H22N2. The Kier molecular flexibility index (Phi) is 3.49. The zero-order chi connectivity index (χ0) is 11.5. The highest BCUT2D eigenvalue weighted by Crippen LogP contribution is 2.22. The molecule has 0 aromatic heterocycles. The second-order valence-corrected chi connectivity index (χ2v) is 5.39. The quantitative estimate of drug-likeness (QED) is 0.773. The summed E-state index contributed by atoms with van der Waals surface area (Å²) in [4.78, 5) is 2.55. The van der Waals surface area contributed by atoms with E-state index < -0.39 is 0 Å². The van der Waals surface area contributed by atoms with Crippen LogP contribution in [0.4, 0.5) is 5.69 Å². The minimum atomic E-state index is 0.824. The average molecular weight is 218 g/mol. The predicted molar refractivity (Wildman–Crippen MR) is 69.1 cm³/mol. The van der Waals surface area contributed by atoms with Crippen LogP contribution in [0.15, 0.2) is 24.3 Å². The third-order valence-corrected chi connectivity index (χ3v) is 3.30. The van der Waals surface area contributed by atoms with Gasteiger partial charge in [-0.25, -0.2) is 0 Å². The number of likely N-dealkylation sites (tertiary alicyclic amines) is 1. The molecule has 0 spiro atoms. The van der Waals surface area contributed by atoms with Gasteiger partial charge in [0.15, 0.2) is 0 Å². The van der Waals surface area contributed by atoms with E-state index in [1.165, 1.54) is 25.1 Å². The van der Waals surface area contributed by atoms with Crippen LogP contribution in [0.2, 0.25) is 0 Å². The summed E-state index contributed by atoms with van der Waals surface area (Å²) >= 11 is 0. The lowest BCUT2D eigenvalue weighted by Crippen LogP contribution is -2.38. The number of benzene rings is 1. The smallest absolute Gasteiger partial charge is 0.0317 e. The number of anilines is 1. The lowest BCUT2D eigenvalue weighted by Gasteiger charge is -2.35. The molecule has 2 atom stereocenters.